The van der Waals surface area contributed by atoms with Crippen molar-refractivity contribution in [1.29, 1.82) is 0 Å². The van der Waals surface area contributed by atoms with E-state index in [1.807, 2.05) is 0 Å². The van der Waals surface area contributed by atoms with Crippen molar-refractivity contribution >= 4 is 11.9 Å². The minimum Gasteiger partial charge on any atom is -0.352 e. The van der Waals surface area contributed by atoms with Crippen LogP contribution < -0.4 is 5.32 Å². The second kappa shape index (κ2) is 8.33. The Kier molecular flexibility index (Phi) is 5.68. The summed E-state index contributed by atoms with van der Waals surface area (Å²) < 4.78 is 81.7. The van der Waals surface area contributed by atoms with E-state index in [1.54, 1.807) is 0 Å². The highest BCUT2D eigenvalue weighted by Crippen LogP contribution is 2.36. The summed E-state index contributed by atoms with van der Waals surface area (Å²) in [5.41, 5.74) is -1.62. The van der Waals surface area contributed by atoms with E-state index in [9.17, 15) is 31.1 Å². The van der Waals surface area contributed by atoms with E-state index in [4.69, 9.17) is 0 Å². The lowest BCUT2D eigenvalue weighted by molar-refractivity contribution is -0.138. The molecule has 1 aliphatic rings. The van der Waals surface area contributed by atoms with Crippen molar-refractivity contribution < 1.29 is 31.1 Å². The normalized spacial score (nSPS) is 17.9. The van der Waals surface area contributed by atoms with E-state index in [-0.39, 0.29) is 18.2 Å². The maximum absolute atomic E-state index is 14.6. The molecule has 1 unspecified atom stereocenters. The van der Waals surface area contributed by atoms with Gasteiger partial charge in [-0.3, -0.25) is 4.79 Å². The number of rotatable bonds is 5. The number of benzene rings is 1. The van der Waals surface area contributed by atoms with Gasteiger partial charge in [-0.1, -0.05) is 6.07 Å². The van der Waals surface area contributed by atoms with Crippen LogP contribution in [0.25, 0.3) is 5.69 Å². The molecule has 33 heavy (non-hydrogen) atoms. The first-order valence-corrected chi connectivity index (χ1v) is 9.55. The minimum absolute atomic E-state index is 0.0296. The molecule has 3 heterocycles. The molecule has 1 fully saturated rings. The Morgan fingerprint density at radius 1 is 1.15 bits per heavy atom. The molecule has 1 atom stereocenters. The third kappa shape index (κ3) is 4.45. The molecular formula is C19H15F6N7O. The van der Waals surface area contributed by atoms with Crippen LogP contribution in [0.2, 0.25) is 0 Å². The van der Waals surface area contributed by atoms with Crippen molar-refractivity contribution in [2.75, 3.05) is 18.4 Å². The Morgan fingerprint density at radius 3 is 2.45 bits per heavy atom. The quantitative estimate of drug-likeness (QED) is 0.576. The second-order valence-electron chi connectivity index (χ2n) is 7.15. The van der Waals surface area contributed by atoms with Gasteiger partial charge in [-0.05, 0) is 12.1 Å². The molecule has 1 amide bonds. The number of hydrogen-bond acceptors (Lipinski definition) is 6. The highest BCUT2D eigenvalue weighted by Gasteiger charge is 2.51. The van der Waals surface area contributed by atoms with Crippen LogP contribution in [0.15, 0.2) is 43.0 Å². The van der Waals surface area contributed by atoms with E-state index < -0.39 is 54.0 Å². The molecule has 1 N–H and O–H groups in total. The fraction of sp³-hybridized carbons (Fsp3) is 0.316. The molecule has 0 aliphatic carbocycles. The van der Waals surface area contributed by atoms with Gasteiger partial charge >= 0.3 is 6.18 Å². The SMILES string of the molecule is O=C(c1c(F)cccc1-n1nccn1)N1CCC(F)(F)C1CNc1ncc(C(F)(F)F)cn1. The fourth-order valence-electron chi connectivity index (χ4n) is 3.45. The molecule has 0 spiro atoms. The van der Waals surface area contributed by atoms with Gasteiger partial charge in [-0.25, -0.2) is 23.1 Å². The number of anilines is 1. The average molecular weight is 471 g/mol. The highest BCUT2D eigenvalue weighted by atomic mass is 19.4. The monoisotopic (exact) mass is 471 g/mol. The van der Waals surface area contributed by atoms with Gasteiger partial charge in [0.15, 0.2) is 0 Å². The van der Waals surface area contributed by atoms with Crippen LogP contribution in [-0.4, -0.2) is 60.8 Å². The zero-order valence-electron chi connectivity index (χ0n) is 16.6. The number of likely N-dealkylation sites (tertiary alicyclic amines) is 1. The second-order valence-corrected chi connectivity index (χ2v) is 7.15. The number of halogens is 6. The highest BCUT2D eigenvalue weighted by molar-refractivity contribution is 5.98. The molecule has 1 aliphatic heterocycles. The van der Waals surface area contributed by atoms with Crippen molar-refractivity contribution in [1.82, 2.24) is 29.9 Å². The summed E-state index contributed by atoms with van der Waals surface area (Å²) >= 11 is 0. The molecule has 2 aromatic heterocycles. The molecule has 0 radical (unpaired) electrons. The van der Waals surface area contributed by atoms with Crippen molar-refractivity contribution in [3.63, 3.8) is 0 Å². The molecule has 14 heteroatoms. The Morgan fingerprint density at radius 2 is 1.82 bits per heavy atom. The number of alkyl halides is 5. The van der Waals surface area contributed by atoms with Crippen molar-refractivity contribution in [3.8, 4) is 5.69 Å². The zero-order valence-corrected chi connectivity index (χ0v) is 16.6. The van der Waals surface area contributed by atoms with Crippen LogP contribution in [0.4, 0.5) is 32.3 Å². The average Bonchev–Trinajstić information content (AvgIpc) is 3.39. The maximum Gasteiger partial charge on any atom is 0.419 e. The Bertz CT molecular complexity index is 1130. The summed E-state index contributed by atoms with van der Waals surface area (Å²) in [7, 11) is 0. The first-order valence-electron chi connectivity index (χ1n) is 9.55. The Labute approximate surface area is 182 Å². The number of carbonyl (C=O) groups is 1. The lowest BCUT2D eigenvalue weighted by Gasteiger charge is -2.28. The summed E-state index contributed by atoms with van der Waals surface area (Å²) in [4.78, 5) is 21.9. The summed E-state index contributed by atoms with van der Waals surface area (Å²) in [5.74, 6) is -5.62. The topological polar surface area (TPSA) is 88.8 Å². The fourth-order valence-corrected chi connectivity index (χ4v) is 3.45. The smallest absolute Gasteiger partial charge is 0.352 e. The first-order chi connectivity index (χ1) is 15.6. The largest absolute Gasteiger partial charge is 0.419 e. The van der Waals surface area contributed by atoms with Crippen LogP contribution in [0.5, 0.6) is 0 Å². The van der Waals surface area contributed by atoms with Crippen molar-refractivity contribution in [2.24, 2.45) is 0 Å². The van der Waals surface area contributed by atoms with Gasteiger partial charge in [0.2, 0.25) is 5.95 Å². The minimum atomic E-state index is -4.65. The Hall–Kier alpha value is -3.71. The molecule has 4 rings (SSSR count). The number of hydrogen-bond donors (Lipinski definition) is 1. The standard InChI is InChI=1S/C19H15F6N7O/c20-12-2-1-3-13(32-29-5-6-30-32)15(12)16(33)31-7-4-18(21,22)14(31)10-28-17-26-8-11(9-27-17)19(23,24)25/h1-3,5-6,8-9,14H,4,7,10H2,(H,26,27,28). The molecule has 1 saturated heterocycles. The van der Waals surface area contributed by atoms with Gasteiger partial charge in [0, 0.05) is 31.9 Å². The van der Waals surface area contributed by atoms with E-state index in [1.165, 1.54) is 24.5 Å². The van der Waals surface area contributed by atoms with Gasteiger partial charge in [0.25, 0.3) is 11.8 Å². The van der Waals surface area contributed by atoms with E-state index >= 15 is 0 Å². The molecule has 3 aromatic rings. The van der Waals surface area contributed by atoms with Gasteiger partial charge in [0.05, 0.1) is 18.0 Å². The van der Waals surface area contributed by atoms with Crippen LogP contribution in [-0.2, 0) is 6.18 Å². The van der Waals surface area contributed by atoms with Gasteiger partial charge in [-0.15, -0.1) is 0 Å². The van der Waals surface area contributed by atoms with E-state index in [0.717, 1.165) is 15.8 Å². The predicted molar refractivity (Wildman–Crippen MR) is 101 cm³/mol. The van der Waals surface area contributed by atoms with Gasteiger partial charge in [-0.2, -0.15) is 28.2 Å². The molecule has 8 nitrogen and oxygen atoms in total. The number of carbonyl (C=O) groups excluding carboxylic acids is 1. The van der Waals surface area contributed by atoms with Gasteiger partial charge < -0.3 is 10.2 Å². The third-order valence-corrected chi connectivity index (χ3v) is 5.08. The van der Waals surface area contributed by atoms with Crippen LogP contribution in [0.1, 0.15) is 22.3 Å². The third-order valence-electron chi connectivity index (χ3n) is 5.08. The lowest BCUT2D eigenvalue weighted by Crippen LogP contribution is -2.47. The predicted octanol–water partition coefficient (Wildman–Crippen LogP) is 3.18. The van der Waals surface area contributed by atoms with Crippen molar-refractivity contribution in [3.05, 3.63) is 59.9 Å². The lowest BCUT2D eigenvalue weighted by atomic mass is 10.1. The summed E-state index contributed by atoms with van der Waals surface area (Å²) in [6.07, 6.45) is -1.70. The number of nitrogens with zero attached hydrogens (tertiary/aromatic N) is 6. The van der Waals surface area contributed by atoms with Crippen LogP contribution in [0.3, 0.4) is 0 Å². The van der Waals surface area contributed by atoms with Crippen LogP contribution >= 0.6 is 0 Å². The summed E-state index contributed by atoms with van der Waals surface area (Å²) in [6.45, 7) is -0.944. The molecular weight excluding hydrogens is 456 g/mol. The molecule has 1 aromatic carbocycles. The number of nitrogens with one attached hydrogen (secondary N) is 1. The number of aromatic nitrogens is 5. The van der Waals surface area contributed by atoms with Gasteiger partial charge in [0.1, 0.15) is 23.1 Å². The summed E-state index contributed by atoms with van der Waals surface area (Å²) in [6, 6.07) is 1.98. The molecule has 174 valence electrons. The zero-order chi connectivity index (χ0) is 23.8. The Balaban J connectivity index is 1.58. The number of amides is 1. The van der Waals surface area contributed by atoms with E-state index in [0.29, 0.717) is 12.4 Å². The molecule has 0 saturated carbocycles. The van der Waals surface area contributed by atoms with Crippen LogP contribution in [0, 0.1) is 5.82 Å². The maximum atomic E-state index is 14.6. The molecule has 0 bridgehead atoms. The summed E-state index contributed by atoms with van der Waals surface area (Å²) in [5, 5.41) is 10.1. The first kappa shape index (κ1) is 22.5. The van der Waals surface area contributed by atoms with E-state index in [2.05, 4.69) is 25.5 Å². The van der Waals surface area contributed by atoms with Crippen molar-refractivity contribution in [2.45, 2.75) is 24.6 Å².